The molecule has 0 heterocycles. The van der Waals surface area contributed by atoms with Gasteiger partial charge in [-0.1, -0.05) is 26.0 Å². The second-order valence-corrected chi connectivity index (χ2v) is 3.69. The van der Waals surface area contributed by atoms with Gasteiger partial charge >= 0.3 is 5.97 Å². The predicted molar refractivity (Wildman–Crippen MR) is 43.2 cm³/mol. The van der Waals surface area contributed by atoms with E-state index in [1.165, 1.54) is 0 Å². The molecular formula is C9H14O2. The molecule has 2 atom stereocenters. The Morgan fingerprint density at radius 3 is 2.36 bits per heavy atom. The van der Waals surface area contributed by atoms with Gasteiger partial charge in [0, 0.05) is 0 Å². The quantitative estimate of drug-likeness (QED) is 0.617. The minimum Gasteiger partial charge on any atom is -0.481 e. The summed E-state index contributed by atoms with van der Waals surface area (Å²) in [5.74, 6) is -0.596. The second-order valence-electron chi connectivity index (χ2n) is 3.69. The number of carboxylic acids is 1. The van der Waals surface area contributed by atoms with E-state index >= 15 is 0 Å². The standard InChI is InChI=1S/C9H14O2/c1-4-5-6-7(8(10)11)9(6,2)3/h4-7H,1-3H3,(H,10,11)/b5-4+/t6-,7+/m1/s1. The van der Waals surface area contributed by atoms with Gasteiger partial charge in [-0.05, 0) is 18.3 Å². The van der Waals surface area contributed by atoms with Crippen molar-refractivity contribution >= 4 is 5.97 Å². The van der Waals surface area contributed by atoms with E-state index in [1.54, 1.807) is 0 Å². The van der Waals surface area contributed by atoms with Gasteiger partial charge in [-0.15, -0.1) is 0 Å². The van der Waals surface area contributed by atoms with Crippen LogP contribution in [0.2, 0.25) is 0 Å². The maximum Gasteiger partial charge on any atom is 0.307 e. The van der Waals surface area contributed by atoms with Crippen molar-refractivity contribution in [2.45, 2.75) is 20.8 Å². The molecule has 1 aliphatic carbocycles. The van der Waals surface area contributed by atoms with Crippen molar-refractivity contribution in [3.8, 4) is 0 Å². The zero-order chi connectivity index (χ0) is 8.65. The van der Waals surface area contributed by atoms with Crippen LogP contribution in [-0.2, 0) is 4.79 Å². The Morgan fingerprint density at radius 2 is 2.09 bits per heavy atom. The molecule has 0 bridgehead atoms. The molecule has 0 amide bonds. The minimum absolute atomic E-state index is 0.0294. The molecular weight excluding hydrogens is 140 g/mol. The van der Waals surface area contributed by atoms with E-state index in [0.717, 1.165) is 0 Å². The Morgan fingerprint density at radius 1 is 1.55 bits per heavy atom. The van der Waals surface area contributed by atoms with Crippen LogP contribution in [0, 0.1) is 17.3 Å². The van der Waals surface area contributed by atoms with E-state index in [-0.39, 0.29) is 17.3 Å². The second kappa shape index (κ2) is 2.36. The van der Waals surface area contributed by atoms with Gasteiger partial charge in [0.1, 0.15) is 0 Å². The van der Waals surface area contributed by atoms with E-state index < -0.39 is 5.97 Å². The van der Waals surface area contributed by atoms with Crippen LogP contribution in [0.4, 0.5) is 0 Å². The topological polar surface area (TPSA) is 37.3 Å². The van der Waals surface area contributed by atoms with Crippen molar-refractivity contribution in [3.05, 3.63) is 12.2 Å². The van der Waals surface area contributed by atoms with Gasteiger partial charge in [0.15, 0.2) is 0 Å². The molecule has 1 fully saturated rings. The van der Waals surface area contributed by atoms with Crippen LogP contribution in [0.15, 0.2) is 12.2 Å². The van der Waals surface area contributed by atoms with E-state index in [9.17, 15) is 4.79 Å². The highest BCUT2D eigenvalue weighted by Gasteiger charge is 2.60. The maximum absolute atomic E-state index is 10.6. The Balaban J connectivity index is 2.68. The molecule has 11 heavy (non-hydrogen) atoms. The highest BCUT2D eigenvalue weighted by molar-refractivity contribution is 5.76. The van der Waals surface area contributed by atoms with E-state index in [1.807, 2.05) is 32.9 Å². The summed E-state index contributed by atoms with van der Waals surface area (Å²) in [6.45, 7) is 5.92. The lowest BCUT2D eigenvalue weighted by Gasteiger charge is -1.95. The van der Waals surface area contributed by atoms with Crippen LogP contribution in [0.1, 0.15) is 20.8 Å². The normalized spacial score (nSPS) is 34.1. The van der Waals surface area contributed by atoms with Crippen molar-refractivity contribution < 1.29 is 9.90 Å². The fourth-order valence-electron chi connectivity index (χ4n) is 1.72. The molecule has 0 aromatic rings. The van der Waals surface area contributed by atoms with Crippen LogP contribution in [0.25, 0.3) is 0 Å². The third-order valence-electron chi connectivity index (χ3n) is 2.58. The van der Waals surface area contributed by atoms with Crippen molar-refractivity contribution in [2.75, 3.05) is 0 Å². The van der Waals surface area contributed by atoms with Crippen LogP contribution in [0.3, 0.4) is 0 Å². The van der Waals surface area contributed by atoms with Gasteiger partial charge in [0.25, 0.3) is 0 Å². The van der Waals surface area contributed by atoms with Crippen LogP contribution < -0.4 is 0 Å². The van der Waals surface area contributed by atoms with Gasteiger partial charge in [-0.3, -0.25) is 4.79 Å². The van der Waals surface area contributed by atoms with Crippen molar-refractivity contribution in [3.63, 3.8) is 0 Å². The summed E-state index contributed by atoms with van der Waals surface area (Å²) in [6, 6.07) is 0. The van der Waals surface area contributed by atoms with Crippen LogP contribution in [0.5, 0.6) is 0 Å². The van der Waals surface area contributed by atoms with Crippen LogP contribution in [-0.4, -0.2) is 11.1 Å². The highest BCUT2D eigenvalue weighted by Crippen LogP contribution is 2.58. The monoisotopic (exact) mass is 154 g/mol. The smallest absolute Gasteiger partial charge is 0.307 e. The number of hydrogen-bond acceptors (Lipinski definition) is 1. The Bertz CT molecular complexity index is 204. The summed E-state index contributed by atoms with van der Waals surface area (Å²) in [4.78, 5) is 10.6. The zero-order valence-corrected chi connectivity index (χ0v) is 7.16. The van der Waals surface area contributed by atoms with Crippen molar-refractivity contribution in [1.29, 1.82) is 0 Å². The summed E-state index contributed by atoms with van der Waals surface area (Å²) >= 11 is 0. The first kappa shape index (κ1) is 8.31. The molecule has 0 unspecified atom stereocenters. The molecule has 62 valence electrons. The molecule has 0 aromatic carbocycles. The number of carboxylic acid groups (broad SMARTS) is 1. The summed E-state index contributed by atoms with van der Waals surface area (Å²) in [6.07, 6.45) is 3.91. The van der Waals surface area contributed by atoms with Gasteiger partial charge in [-0.2, -0.15) is 0 Å². The first-order valence-corrected chi connectivity index (χ1v) is 3.87. The van der Waals surface area contributed by atoms with E-state index in [2.05, 4.69) is 0 Å². The summed E-state index contributed by atoms with van der Waals surface area (Å²) in [5.41, 5.74) is -0.0294. The van der Waals surface area contributed by atoms with Gasteiger partial charge in [-0.25, -0.2) is 0 Å². The molecule has 0 radical (unpaired) electrons. The van der Waals surface area contributed by atoms with Gasteiger partial charge < -0.3 is 5.11 Å². The zero-order valence-electron chi connectivity index (χ0n) is 7.16. The predicted octanol–water partition coefficient (Wildman–Crippen LogP) is 1.92. The van der Waals surface area contributed by atoms with E-state index in [4.69, 9.17) is 5.11 Å². The van der Waals surface area contributed by atoms with Crippen molar-refractivity contribution in [2.24, 2.45) is 17.3 Å². The fourth-order valence-corrected chi connectivity index (χ4v) is 1.72. The van der Waals surface area contributed by atoms with Gasteiger partial charge in [0.2, 0.25) is 0 Å². The lowest BCUT2D eigenvalue weighted by atomic mass is 10.1. The molecule has 0 saturated heterocycles. The molecule has 0 aliphatic heterocycles. The Kier molecular flexibility index (Phi) is 1.78. The average molecular weight is 154 g/mol. The Labute approximate surface area is 66.9 Å². The number of aliphatic carboxylic acids is 1. The summed E-state index contributed by atoms with van der Waals surface area (Å²) in [5, 5.41) is 8.75. The van der Waals surface area contributed by atoms with Crippen molar-refractivity contribution in [1.82, 2.24) is 0 Å². The largest absolute Gasteiger partial charge is 0.481 e. The molecule has 1 saturated carbocycles. The number of hydrogen-bond donors (Lipinski definition) is 1. The lowest BCUT2D eigenvalue weighted by Crippen LogP contribution is -2.02. The number of allylic oxidation sites excluding steroid dienone is 2. The Hall–Kier alpha value is -0.790. The third kappa shape index (κ3) is 1.17. The maximum atomic E-state index is 10.6. The molecule has 2 heteroatoms. The molecule has 0 spiro atoms. The summed E-state index contributed by atoms with van der Waals surface area (Å²) < 4.78 is 0. The lowest BCUT2D eigenvalue weighted by molar-refractivity contribution is -0.139. The average Bonchev–Trinajstić information content (AvgIpc) is 2.35. The van der Waals surface area contributed by atoms with Gasteiger partial charge in [0.05, 0.1) is 5.92 Å². The van der Waals surface area contributed by atoms with E-state index in [0.29, 0.717) is 0 Å². The minimum atomic E-state index is -0.668. The number of carbonyl (C=O) groups is 1. The summed E-state index contributed by atoms with van der Waals surface area (Å²) in [7, 11) is 0. The SMILES string of the molecule is C/C=C/[C@@H]1[C@@H](C(=O)O)C1(C)C. The third-order valence-corrected chi connectivity index (χ3v) is 2.58. The fraction of sp³-hybridized carbons (Fsp3) is 0.667. The molecule has 1 N–H and O–H groups in total. The molecule has 2 nitrogen and oxygen atoms in total. The number of rotatable bonds is 2. The molecule has 0 aromatic heterocycles. The first-order valence-electron chi connectivity index (χ1n) is 3.87. The molecule has 1 rings (SSSR count). The van der Waals surface area contributed by atoms with Crippen LogP contribution >= 0.6 is 0 Å². The highest BCUT2D eigenvalue weighted by atomic mass is 16.4. The first-order chi connectivity index (χ1) is 5.01. The molecule has 1 aliphatic rings.